The van der Waals surface area contributed by atoms with Gasteiger partial charge in [-0.2, -0.15) is 0 Å². The summed E-state index contributed by atoms with van der Waals surface area (Å²) in [5, 5.41) is 2.57. The number of nitrogens with zero attached hydrogens (tertiary/aromatic N) is 1. The average Bonchev–Trinajstić information content (AvgIpc) is 2.79. The van der Waals surface area contributed by atoms with E-state index < -0.39 is 17.8 Å². The number of benzene rings is 3. The van der Waals surface area contributed by atoms with Crippen molar-refractivity contribution < 1.29 is 23.5 Å². The minimum absolute atomic E-state index is 0.0304. The first-order valence-corrected chi connectivity index (χ1v) is 11.3. The molecule has 3 aromatic carbocycles. The number of nitrogens with one attached hydrogen (secondary N) is 1. The number of anilines is 1. The van der Waals surface area contributed by atoms with Gasteiger partial charge < -0.3 is 4.74 Å². The first kappa shape index (κ1) is 23.7. The summed E-state index contributed by atoms with van der Waals surface area (Å²) >= 11 is 9.54. The molecule has 0 saturated carbocycles. The Morgan fingerprint density at radius 1 is 1.09 bits per heavy atom. The van der Waals surface area contributed by atoms with E-state index in [4.69, 9.17) is 16.3 Å². The van der Waals surface area contributed by atoms with Crippen molar-refractivity contribution in [3.63, 3.8) is 0 Å². The van der Waals surface area contributed by atoms with E-state index in [1.165, 1.54) is 12.1 Å². The fourth-order valence-corrected chi connectivity index (χ4v) is 4.06. The second kappa shape index (κ2) is 9.79. The molecule has 0 radical (unpaired) electrons. The minimum atomic E-state index is -0.851. The van der Waals surface area contributed by atoms with Gasteiger partial charge in [0.05, 0.1) is 10.2 Å². The van der Waals surface area contributed by atoms with Crippen molar-refractivity contribution in [3.8, 4) is 5.75 Å². The third-order valence-electron chi connectivity index (χ3n) is 5.19. The number of halogens is 3. The zero-order valence-corrected chi connectivity index (χ0v) is 20.1. The summed E-state index contributed by atoms with van der Waals surface area (Å²) in [6.07, 6.45) is 1.38. The lowest BCUT2D eigenvalue weighted by Gasteiger charge is -2.27. The number of barbiturate groups is 1. The van der Waals surface area contributed by atoms with Crippen LogP contribution in [0.4, 0.5) is 14.9 Å². The van der Waals surface area contributed by atoms with Crippen LogP contribution in [0.25, 0.3) is 6.08 Å². The fourth-order valence-electron chi connectivity index (χ4n) is 3.38. The Balaban J connectivity index is 1.60. The van der Waals surface area contributed by atoms with Crippen molar-refractivity contribution in [1.82, 2.24) is 5.32 Å². The van der Waals surface area contributed by atoms with Crippen molar-refractivity contribution in [1.29, 1.82) is 0 Å². The first-order chi connectivity index (χ1) is 16.3. The van der Waals surface area contributed by atoms with E-state index in [9.17, 15) is 18.8 Å². The van der Waals surface area contributed by atoms with Gasteiger partial charge in [-0.15, -0.1) is 0 Å². The van der Waals surface area contributed by atoms with Gasteiger partial charge in [-0.25, -0.2) is 14.1 Å². The largest absolute Gasteiger partial charge is 0.488 e. The lowest BCUT2D eigenvalue weighted by molar-refractivity contribution is -0.122. The van der Waals surface area contributed by atoms with Crippen LogP contribution in [-0.2, 0) is 16.2 Å². The predicted octanol–water partition coefficient (Wildman–Crippen LogP) is 5.80. The number of imide groups is 2. The van der Waals surface area contributed by atoms with Crippen LogP contribution in [0, 0.1) is 12.7 Å². The molecule has 3 aromatic rings. The van der Waals surface area contributed by atoms with Crippen LogP contribution < -0.4 is 15.0 Å². The van der Waals surface area contributed by atoms with E-state index in [2.05, 4.69) is 21.2 Å². The van der Waals surface area contributed by atoms with Gasteiger partial charge in [0.2, 0.25) is 0 Å². The maximum atomic E-state index is 13.8. The monoisotopic (exact) mass is 542 g/mol. The molecule has 0 aromatic heterocycles. The third kappa shape index (κ3) is 4.73. The van der Waals surface area contributed by atoms with Crippen molar-refractivity contribution in [2.24, 2.45) is 0 Å². The minimum Gasteiger partial charge on any atom is -0.488 e. The lowest BCUT2D eigenvalue weighted by Crippen LogP contribution is -2.54. The number of carbonyl (C=O) groups is 3. The van der Waals surface area contributed by atoms with Gasteiger partial charge in [-0.1, -0.05) is 41.9 Å². The van der Waals surface area contributed by atoms with Gasteiger partial charge in [0.15, 0.2) is 0 Å². The standard InChI is InChI=1S/C25H17BrClFN2O4/c1-14-19(27)6-4-8-21(14)30-24(32)17(23(31)29-25(30)33)11-15-9-10-22(18(26)12-15)34-13-16-5-2-3-7-20(16)28/h2-12H,13H2,1H3,(H,29,31,33)/b17-11+. The highest BCUT2D eigenvalue weighted by Crippen LogP contribution is 2.31. The van der Waals surface area contributed by atoms with Crippen molar-refractivity contribution in [3.05, 3.63) is 98.2 Å². The molecule has 34 heavy (non-hydrogen) atoms. The summed E-state index contributed by atoms with van der Waals surface area (Å²) in [7, 11) is 0. The van der Waals surface area contributed by atoms with Gasteiger partial charge >= 0.3 is 6.03 Å². The number of hydrogen-bond acceptors (Lipinski definition) is 4. The van der Waals surface area contributed by atoms with E-state index >= 15 is 0 Å². The van der Waals surface area contributed by atoms with Crippen LogP contribution in [0.3, 0.4) is 0 Å². The Bertz CT molecular complexity index is 1360. The second-order valence-corrected chi connectivity index (χ2v) is 8.67. The van der Waals surface area contributed by atoms with E-state index in [1.54, 1.807) is 61.5 Å². The van der Waals surface area contributed by atoms with Gasteiger partial charge in [0.25, 0.3) is 11.8 Å². The number of ether oxygens (including phenoxy) is 1. The highest BCUT2D eigenvalue weighted by Gasteiger charge is 2.37. The smallest absolute Gasteiger partial charge is 0.335 e. The SMILES string of the molecule is Cc1c(Cl)cccc1N1C(=O)NC(=O)/C(=C\c2ccc(OCc3ccccc3F)c(Br)c2)C1=O. The number of rotatable bonds is 5. The Hall–Kier alpha value is -3.49. The molecule has 1 heterocycles. The highest BCUT2D eigenvalue weighted by molar-refractivity contribution is 9.10. The van der Waals surface area contributed by atoms with Gasteiger partial charge in [-0.05, 0) is 70.4 Å². The normalized spacial score (nSPS) is 15.0. The molecule has 1 fully saturated rings. The van der Waals surface area contributed by atoms with Crippen molar-refractivity contribution in [2.45, 2.75) is 13.5 Å². The molecule has 4 amide bonds. The Morgan fingerprint density at radius 3 is 2.59 bits per heavy atom. The topological polar surface area (TPSA) is 75.7 Å². The summed E-state index contributed by atoms with van der Waals surface area (Å²) in [4.78, 5) is 38.9. The second-order valence-electron chi connectivity index (χ2n) is 7.41. The Morgan fingerprint density at radius 2 is 1.85 bits per heavy atom. The molecule has 172 valence electrons. The third-order valence-corrected chi connectivity index (χ3v) is 6.22. The first-order valence-electron chi connectivity index (χ1n) is 10.1. The summed E-state index contributed by atoms with van der Waals surface area (Å²) in [5.74, 6) is -1.48. The lowest BCUT2D eigenvalue weighted by atomic mass is 10.1. The molecule has 4 rings (SSSR count). The summed E-state index contributed by atoms with van der Waals surface area (Å²) in [6.45, 7) is 1.71. The maximum absolute atomic E-state index is 13.8. The van der Waals surface area contributed by atoms with E-state index in [-0.39, 0.29) is 23.7 Å². The molecule has 0 bridgehead atoms. The number of carbonyl (C=O) groups excluding carboxylic acids is 3. The fraction of sp³-hybridized carbons (Fsp3) is 0.0800. The molecule has 1 aliphatic rings. The number of amides is 4. The molecule has 0 unspecified atom stereocenters. The molecule has 1 saturated heterocycles. The molecule has 0 spiro atoms. The molecular weight excluding hydrogens is 527 g/mol. The van der Waals surface area contributed by atoms with E-state index in [0.29, 0.717) is 31.9 Å². The summed E-state index contributed by atoms with van der Waals surface area (Å²) in [6, 6.07) is 15.2. The van der Waals surface area contributed by atoms with Gasteiger partial charge in [-0.3, -0.25) is 14.9 Å². The van der Waals surface area contributed by atoms with E-state index in [0.717, 1.165) is 4.90 Å². The molecule has 1 aliphatic heterocycles. The molecule has 1 N–H and O–H groups in total. The zero-order valence-electron chi connectivity index (χ0n) is 17.8. The quantitative estimate of drug-likeness (QED) is 0.326. The van der Waals surface area contributed by atoms with E-state index in [1.807, 2.05) is 0 Å². The Kier molecular flexibility index (Phi) is 6.81. The average molecular weight is 544 g/mol. The highest BCUT2D eigenvalue weighted by atomic mass is 79.9. The van der Waals surface area contributed by atoms with Gasteiger partial charge in [0.1, 0.15) is 23.7 Å². The van der Waals surface area contributed by atoms with Crippen molar-refractivity contribution in [2.75, 3.05) is 4.90 Å². The van der Waals surface area contributed by atoms with Crippen LogP contribution in [0.2, 0.25) is 5.02 Å². The molecule has 6 nitrogen and oxygen atoms in total. The zero-order chi connectivity index (χ0) is 24.4. The molecule has 0 aliphatic carbocycles. The molecule has 9 heteroatoms. The van der Waals surface area contributed by atoms with Gasteiger partial charge in [0, 0.05) is 10.6 Å². The molecular formula is C25H17BrClFN2O4. The number of urea groups is 1. The van der Waals surface area contributed by atoms with Crippen molar-refractivity contribution >= 4 is 57.1 Å². The number of hydrogen-bond donors (Lipinski definition) is 1. The maximum Gasteiger partial charge on any atom is 0.335 e. The Labute approximate surface area is 208 Å². The molecule has 0 atom stereocenters. The van der Waals surface area contributed by atoms with Crippen LogP contribution >= 0.6 is 27.5 Å². The van der Waals surface area contributed by atoms with Crippen LogP contribution in [-0.4, -0.2) is 17.8 Å². The van der Waals surface area contributed by atoms with Crippen LogP contribution in [0.15, 0.2) is 70.7 Å². The van der Waals surface area contributed by atoms with Crippen LogP contribution in [0.1, 0.15) is 16.7 Å². The predicted molar refractivity (Wildman–Crippen MR) is 130 cm³/mol. The summed E-state index contributed by atoms with van der Waals surface area (Å²) in [5.41, 5.74) is 1.52. The van der Waals surface area contributed by atoms with Crippen LogP contribution in [0.5, 0.6) is 5.75 Å². The summed E-state index contributed by atoms with van der Waals surface area (Å²) < 4.78 is 20.0.